The predicted octanol–water partition coefficient (Wildman–Crippen LogP) is 3.04. The van der Waals surface area contributed by atoms with Gasteiger partial charge in [-0.2, -0.15) is 11.3 Å². The maximum Gasteiger partial charge on any atom is 0.307 e. The summed E-state index contributed by atoms with van der Waals surface area (Å²) in [6.45, 7) is 4.12. The Morgan fingerprint density at radius 3 is 2.80 bits per heavy atom. The fourth-order valence-corrected chi connectivity index (χ4v) is 3.23. The van der Waals surface area contributed by atoms with Gasteiger partial charge in [0.05, 0.1) is 5.92 Å². The average molecular weight is 224 g/mol. The number of carboxylic acid groups (broad SMARTS) is 1. The van der Waals surface area contributed by atoms with E-state index in [0.29, 0.717) is 5.92 Å². The SMILES string of the molecule is CC1(C)[C@@H](CCc2ccsc2)[C@@H]1C(=O)O. The monoisotopic (exact) mass is 224 g/mol. The molecule has 0 aromatic carbocycles. The maximum atomic E-state index is 11.0. The Labute approximate surface area is 93.9 Å². The van der Waals surface area contributed by atoms with Crippen molar-refractivity contribution < 1.29 is 9.90 Å². The highest BCUT2D eigenvalue weighted by Gasteiger charge is 2.61. The van der Waals surface area contributed by atoms with Crippen LogP contribution in [0.1, 0.15) is 25.8 Å². The Kier molecular flexibility index (Phi) is 2.59. The van der Waals surface area contributed by atoms with Gasteiger partial charge in [0.1, 0.15) is 0 Å². The van der Waals surface area contributed by atoms with Gasteiger partial charge in [-0.05, 0) is 46.6 Å². The van der Waals surface area contributed by atoms with Crippen LogP contribution >= 0.6 is 11.3 Å². The number of rotatable bonds is 4. The number of aryl methyl sites for hydroxylation is 1. The van der Waals surface area contributed by atoms with Gasteiger partial charge in [-0.15, -0.1) is 0 Å². The molecule has 0 aliphatic heterocycles. The van der Waals surface area contributed by atoms with Crippen LogP contribution in [-0.4, -0.2) is 11.1 Å². The third-order valence-electron chi connectivity index (χ3n) is 3.64. The molecule has 1 aromatic rings. The molecule has 1 heterocycles. The van der Waals surface area contributed by atoms with Gasteiger partial charge >= 0.3 is 5.97 Å². The highest BCUT2D eigenvalue weighted by molar-refractivity contribution is 7.07. The Hall–Kier alpha value is -0.830. The zero-order valence-electron chi connectivity index (χ0n) is 9.06. The molecule has 1 saturated carbocycles. The molecule has 0 spiro atoms. The summed E-state index contributed by atoms with van der Waals surface area (Å²) in [6.07, 6.45) is 2.02. The van der Waals surface area contributed by atoms with E-state index in [-0.39, 0.29) is 11.3 Å². The van der Waals surface area contributed by atoms with E-state index in [9.17, 15) is 4.79 Å². The Bertz CT molecular complexity index is 354. The molecule has 1 aromatic heterocycles. The average Bonchev–Trinajstić information content (AvgIpc) is 2.55. The summed E-state index contributed by atoms with van der Waals surface area (Å²) < 4.78 is 0. The molecule has 82 valence electrons. The van der Waals surface area contributed by atoms with Crippen LogP contribution in [0.4, 0.5) is 0 Å². The normalized spacial score (nSPS) is 27.6. The molecule has 1 fully saturated rings. The van der Waals surface area contributed by atoms with Crippen LogP contribution in [0.25, 0.3) is 0 Å². The Morgan fingerprint density at radius 2 is 2.33 bits per heavy atom. The lowest BCUT2D eigenvalue weighted by Gasteiger charge is -2.00. The lowest BCUT2D eigenvalue weighted by molar-refractivity contribution is -0.139. The van der Waals surface area contributed by atoms with Crippen LogP contribution in [0.5, 0.6) is 0 Å². The summed E-state index contributed by atoms with van der Waals surface area (Å²) in [6, 6.07) is 2.12. The van der Waals surface area contributed by atoms with Gasteiger partial charge in [0.15, 0.2) is 0 Å². The molecule has 1 aliphatic rings. The molecule has 2 rings (SSSR count). The zero-order chi connectivity index (χ0) is 11.1. The molecule has 1 N–H and O–H groups in total. The molecular formula is C12H16O2S. The van der Waals surface area contributed by atoms with Crippen LogP contribution in [0.2, 0.25) is 0 Å². The van der Waals surface area contributed by atoms with Crippen molar-refractivity contribution in [2.75, 3.05) is 0 Å². The van der Waals surface area contributed by atoms with E-state index in [1.807, 2.05) is 0 Å². The van der Waals surface area contributed by atoms with Crippen molar-refractivity contribution in [2.24, 2.45) is 17.3 Å². The summed E-state index contributed by atoms with van der Waals surface area (Å²) in [5, 5.41) is 13.2. The van der Waals surface area contributed by atoms with Crippen molar-refractivity contribution in [3.8, 4) is 0 Å². The predicted molar refractivity (Wildman–Crippen MR) is 61.0 cm³/mol. The smallest absolute Gasteiger partial charge is 0.307 e. The second-order valence-corrected chi connectivity index (χ2v) is 5.69. The summed E-state index contributed by atoms with van der Waals surface area (Å²) >= 11 is 1.70. The largest absolute Gasteiger partial charge is 0.481 e. The molecule has 2 nitrogen and oxygen atoms in total. The molecule has 2 atom stereocenters. The number of aliphatic carboxylic acids is 1. The van der Waals surface area contributed by atoms with Crippen molar-refractivity contribution in [1.29, 1.82) is 0 Å². The molecule has 0 unspecified atom stereocenters. The van der Waals surface area contributed by atoms with E-state index in [1.54, 1.807) is 11.3 Å². The second-order valence-electron chi connectivity index (χ2n) is 4.91. The van der Waals surface area contributed by atoms with Crippen LogP contribution in [-0.2, 0) is 11.2 Å². The minimum absolute atomic E-state index is 0.00184. The molecular weight excluding hydrogens is 208 g/mol. The lowest BCUT2D eigenvalue weighted by Crippen LogP contribution is -2.03. The zero-order valence-corrected chi connectivity index (χ0v) is 9.88. The fourth-order valence-electron chi connectivity index (χ4n) is 2.53. The van der Waals surface area contributed by atoms with Gasteiger partial charge in [0, 0.05) is 0 Å². The fraction of sp³-hybridized carbons (Fsp3) is 0.583. The summed E-state index contributed by atoms with van der Waals surface area (Å²) in [5.41, 5.74) is 1.34. The van der Waals surface area contributed by atoms with Gasteiger partial charge in [-0.3, -0.25) is 4.79 Å². The first-order chi connectivity index (χ1) is 7.03. The third-order valence-corrected chi connectivity index (χ3v) is 4.37. The minimum Gasteiger partial charge on any atom is -0.481 e. The van der Waals surface area contributed by atoms with Crippen LogP contribution < -0.4 is 0 Å². The van der Waals surface area contributed by atoms with Crippen molar-refractivity contribution in [2.45, 2.75) is 26.7 Å². The molecule has 0 radical (unpaired) electrons. The number of thiophene rings is 1. The maximum absolute atomic E-state index is 11.0. The third kappa shape index (κ3) is 1.93. The Morgan fingerprint density at radius 1 is 1.60 bits per heavy atom. The number of carbonyl (C=O) groups is 1. The van der Waals surface area contributed by atoms with E-state index >= 15 is 0 Å². The number of hydrogen-bond donors (Lipinski definition) is 1. The van der Waals surface area contributed by atoms with Gasteiger partial charge in [-0.1, -0.05) is 13.8 Å². The van der Waals surface area contributed by atoms with Crippen molar-refractivity contribution in [1.82, 2.24) is 0 Å². The van der Waals surface area contributed by atoms with E-state index in [1.165, 1.54) is 5.56 Å². The topological polar surface area (TPSA) is 37.3 Å². The molecule has 0 saturated heterocycles. The molecule has 0 amide bonds. The lowest BCUT2D eigenvalue weighted by atomic mass is 10.0. The summed E-state index contributed by atoms with van der Waals surface area (Å²) in [5.74, 6) is -0.402. The van der Waals surface area contributed by atoms with Crippen LogP contribution in [0.3, 0.4) is 0 Å². The quantitative estimate of drug-likeness (QED) is 0.853. The molecule has 1 aliphatic carbocycles. The van der Waals surface area contributed by atoms with Gasteiger partial charge in [0.2, 0.25) is 0 Å². The van der Waals surface area contributed by atoms with Gasteiger partial charge in [-0.25, -0.2) is 0 Å². The first kappa shape index (κ1) is 10.7. The number of carboxylic acids is 1. The first-order valence-corrected chi connectivity index (χ1v) is 6.21. The van der Waals surface area contributed by atoms with Crippen LogP contribution in [0.15, 0.2) is 16.8 Å². The highest BCUT2D eigenvalue weighted by Crippen LogP contribution is 2.60. The number of hydrogen-bond acceptors (Lipinski definition) is 2. The van der Waals surface area contributed by atoms with E-state index < -0.39 is 5.97 Å². The first-order valence-electron chi connectivity index (χ1n) is 5.27. The summed E-state index contributed by atoms with van der Waals surface area (Å²) in [7, 11) is 0. The van der Waals surface area contributed by atoms with Gasteiger partial charge < -0.3 is 5.11 Å². The van der Waals surface area contributed by atoms with Gasteiger partial charge in [0.25, 0.3) is 0 Å². The summed E-state index contributed by atoms with van der Waals surface area (Å²) in [4.78, 5) is 11.0. The standard InChI is InChI=1S/C12H16O2S/c1-12(2)9(10(12)11(13)14)4-3-8-5-6-15-7-8/h5-7,9-10H,3-4H2,1-2H3,(H,13,14)/t9-,10+/m0/s1. The minimum atomic E-state index is -0.629. The van der Waals surface area contributed by atoms with E-state index in [2.05, 4.69) is 30.7 Å². The molecule has 0 bridgehead atoms. The van der Waals surface area contributed by atoms with E-state index in [4.69, 9.17) is 5.11 Å². The molecule has 3 heteroatoms. The van der Waals surface area contributed by atoms with Crippen LogP contribution in [0, 0.1) is 17.3 Å². The van der Waals surface area contributed by atoms with Crippen molar-refractivity contribution in [3.05, 3.63) is 22.4 Å². The second kappa shape index (κ2) is 3.63. The Balaban J connectivity index is 1.90. The highest BCUT2D eigenvalue weighted by atomic mass is 32.1. The molecule has 15 heavy (non-hydrogen) atoms. The van der Waals surface area contributed by atoms with Crippen molar-refractivity contribution >= 4 is 17.3 Å². The van der Waals surface area contributed by atoms with E-state index in [0.717, 1.165) is 12.8 Å². The van der Waals surface area contributed by atoms with Crippen molar-refractivity contribution in [3.63, 3.8) is 0 Å².